The molecule has 0 radical (unpaired) electrons. The van der Waals surface area contributed by atoms with Crippen molar-refractivity contribution < 1.29 is 0 Å². The van der Waals surface area contributed by atoms with E-state index in [9.17, 15) is 0 Å². The molecule has 0 bridgehead atoms. The van der Waals surface area contributed by atoms with Gasteiger partial charge in [-0.1, -0.05) is 12.2 Å². The van der Waals surface area contributed by atoms with E-state index in [1.54, 1.807) is 24.8 Å². The number of pyridine rings is 1. The predicted molar refractivity (Wildman–Crippen MR) is 79.1 cm³/mol. The van der Waals surface area contributed by atoms with Gasteiger partial charge in [0.15, 0.2) is 0 Å². The molecule has 19 heavy (non-hydrogen) atoms. The summed E-state index contributed by atoms with van der Waals surface area (Å²) >= 11 is 4.84. The van der Waals surface area contributed by atoms with Crippen LogP contribution in [0.4, 0.5) is 5.82 Å². The van der Waals surface area contributed by atoms with Gasteiger partial charge in [-0.3, -0.25) is 4.98 Å². The van der Waals surface area contributed by atoms with Crippen LogP contribution in [-0.4, -0.2) is 33.5 Å². The number of hydrogen-bond acceptors (Lipinski definition) is 5. The lowest BCUT2D eigenvalue weighted by atomic mass is 10.2. The van der Waals surface area contributed by atoms with E-state index in [2.05, 4.69) is 15.0 Å². The topological polar surface area (TPSA) is 67.9 Å². The molecule has 0 saturated heterocycles. The SMILES string of the molecule is CN(CCc1ccncc1)c1cnc(C(N)=S)cn1. The molecule has 2 N–H and O–H groups in total. The van der Waals surface area contributed by atoms with E-state index in [0.717, 1.165) is 18.8 Å². The summed E-state index contributed by atoms with van der Waals surface area (Å²) in [6, 6.07) is 4.02. The monoisotopic (exact) mass is 273 g/mol. The zero-order chi connectivity index (χ0) is 13.7. The average Bonchev–Trinajstić information content (AvgIpc) is 2.46. The van der Waals surface area contributed by atoms with E-state index in [1.807, 2.05) is 24.1 Å². The van der Waals surface area contributed by atoms with Gasteiger partial charge in [-0.2, -0.15) is 0 Å². The van der Waals surface area contributed by atoms with Crippen LogP contribution in [-0.2, 0) is 6.42 Å². The third kappa shape index (κ3) is 3.69. The summed E-state index contributed by atoms with van der Waals surface area (Å²) < 4.78 is 0. The van der Waals surface area contributed by atoms with Gasteiger partial charge in [-0.05, 0) is 24.1 Å². The first-order valence-electron chi connectivity index (χ1n) is 5.88. The molecule has 0 aromatic carbocycles. The Hall–Kier alpha value is -2.08. The third-order valence-corrected chi connectivity index (χ3v) is 2.98. The maximum atomic E-state index is 5.48. The molecule has 0 fully saturated rings. The Bertz CT molecular complexity index is 541. The number of thiocarbonyl (C=S) groups is 1. The highest BCUT2D eigenvalue weighted by molar-refractivity contribution is 7.80. The molecule has 0 unspecified atom stereocenters. The molecule has 0 amide bonds. The zero-order valence-corrected chi connectivity index (χ0v) is 11.5. The minimum Gasteiger partial charge on any atom is -0.388 e. The summed E-state index contributed by atoms with van der Waals surface area (Å²) in [6.07, 6.45) is 7.80. The van der Waals surface area contributed by atoms with E-state index < -0.39 is 0 Å². The van der Waals surface area contributed by atoms with Crippen LogP contribution in [0.5, 0.6) is 0 Å². The highest BCUT2D eigenvalue weighted by Gasteiger charge is 2.05. The fourth-order valence-corrected chi connectivity index (χ4v) is 1.71. The molecule has 0 aliphatic carbocycles. The number of hydrogen-bond donors (Lipinski definition) is 1. The average molecular weight is 273 g/mol. The Morgan fingerprint density at radius 2 is 2.00 bits per heavy atom. The number of anilines is 1. The standard InChI is InChI=1S/C13H15N5S/c1-18(7-4-10-2-5-15-6-3-10)12-9-16-11(8-17-12)13(14)19/h2-3,5-6,8-9H,4,7H2,1H3,(H2,14,19). The van der Waals surface area contributed by atoms with Crippen LogP contribution in [0, 0.1) is 0 Å². The van der Waals surface area contributed by atoms with E-state index >= 15 is 0 Å². The van der Waals surface area contributed by atoms with Crippen LogP contribution < -0.4 is 10.6 Å². The Labute approximate surface area is 117 Å². The minimum atomic E-state index is 0.262. The number of nitrogens with two attached hydrogens (primary N) is 1. The van der Waals surface area contributed by atoms with Gasteiger partial charge in [0.25, 0.3) is 0 Å². The second kappa shape index (κ2) is 6.19. The number of rotatable bonds is 5. The van der Waals surface area contributed by atoms with Gasteiger partial charge in [-0.25, -0.2) is 9.97 Å². The molecule has 0 spiro atoms. The second-order valence-corrected chi connectivity index (χ2v) is 4.59. The van der Waals surface area contributed by atoms with Crippen molar-refractivity contribution in [3.8, 4) is 0 Å². The summed E-state index contributed by atoms with van der Waals surface area (Å²) in [7, 11) is 1.98. The summed E-state index contributed by atoms with van der Waals surface area (Å²) in [5.74, 6) is 0.800. The van der Waals surface area contributed by atoms with E-state index in [4.69, 9.17) is 18.0 Å². The van der Waals surface area contributed by atoms with Gasteiger partial charge in [0.05, 0.1) is 12.4 Å². The van der Waals surface area contributed by atoms with Crippen molar-refractivity contribution in [2.45, 2.75) is 6.42 Å². The van der Waals surface area contributed by atoms with Crippen molar-refractivity contribution in [1.82, 2.24) is 15.0 Å². The van der Waals surface area contributed by atoms with Crippen LogP contribution in [0.15, 0.2) is 36.9 Å². The van der Waals surface area contributed by atoms with Crippen molar-refractivity contribution in [2.75, 3.05) is 18.5 Å². The smallest absolute Gasteiger partial charge is 0.146 e. The third-order valence-electron chi connectivity index (χ3n) is 2.77. The molecule has 0 saturated carbocycles. The first-order valence-corrected chi connectivity index (χ1v) is 6.29. The molecule has 2 aromatic heterocycles. The summed E-state index contributed by atoms with van der Waals surface area (Å²) in [4.78, 5) is 14.8. The zero-order valence-electron chi connectivity index (χ0n) is 10.7. The Kier molecular flexibility index (Phi) is 4.35. The lowest BCUT2D eigenvalue weighted by Gasteiger charge is -2.17. The van der Waals surface area contributed by atoms with Crippen LogP contribution >= 0.6 is 12.2 Å². The Morgan fingerprint density at radius 1 is 1.26 bits per heavy atom. The van der Waals surface area contributed by atoms with E-state index in [-0.39, 0.29) is 4.99 Å². The van der Waals surface area contributed by atoms with Gasteiger partial charge >= 0.3 is 0 Å². The first-order chi connectivity index (χ1) is 9.16. The predicted octanol–water partition coefficient (Wildman–Crippen LogP) is 1.18. The Morgan fingerprint density at radius 3 is 2.58 bits per heavy atom. The van der Waals surface area contributed by atoms with Crippen molar-refractivity contribution >= 4 is 23.0 Å². The quantitative estimate of drug-likeness (QED) is 0.825. The van der Waals surface area contributed by atoms with Gasteiger partial charge < -0.3 is 10.6 Å². The second-order valence-electron chi connectivity index (χ2n) is 4.15. The molecule has 0 aliphatic heterocycles. The largest absolute Gasteiger partial charge is 0.388 e. The molecule has 6 heteroatoms. The molecule has 2 heterocycles. The summed E-state index contributed by atoms with van der Waals surface area (Å²) in [5.41, 5.74) is 7.27. The maximum absolute atomic E-state index is 5.48. The minimum absolute atomic E-state index is 0.262. The van der Waals surface area contributed by atoms with Gasteiger partial charge in [-0.15, -0.1) is 0 Å². The van der Waals surface area contributed by atoms with Gasteiger partial charge in [0.1, 0.15) is 16.5 Å². The maximum Gasteiger partial charge on any atom is 0.146 e. The molecule has 0 atom stereocenters. The van der Waals surface area contributed by atoms with Crippen LogP contribution in [0.2, 0.25) is 0 Å². The van der Waals surface area contributed by atoms with Crippen molar-refractivity contribution in [3.63, 3.8) is 0 Å². The lowest BCUT2D eigenvalue weighted by Crippen LogP contribution is -2.22. The first kappa shape index (κ1) is 13.4. The molecular formula is C13H15N5S. The Balaban J connectivity index is 1.96. The van der Waals surface area contributed by atoms with Gasteiger partial charge in [0, 0.05) is 26.0 Å². The van der Waals surface area contributed by atoms with E-state index in [0.29, 0.717) is 5.69 Å². The summed E-state index contributed by atoms with van der Waals surface area (Å²) in [6.45, 7) is 0.852. The fraction of sp³-hybridized carbons (Fsp3) is 0.231. The van der Waals surface area contributed by atoms with Crippen LogP contribution in [0.25, 0.3) is 0 Å². The highest BCUT2D eigenvalue weighted by atomic mass is 32.1. The van der Waals surface area contributed by atoms with Crippen molar-refractivity contribution in [1.29, 1.82) is 0 Å². The van der Waals surface area contributed by atoms with Crippen molar-refractivity contribution in [3.05, 3.63) is 48.2 Å². The lowest BCUT2D eigenvalue weighted by molar-refractivity contribution is 0.853. The number of aromatic nitrogens is 3. The molecular weight excluding hydrogens is 258 g/mol. The molecule has 98 valence electrons. The van der Waals surface area contributed by atoms with Gasteiger partial charge in [0.2, 0.25) is 0 Å². The molecule has 2 aromatic rings. The van der Waals surface area contributed by atoms with E-state index in [1.165, 1.54) is 5.56 Å². The summed E-state index contributed by atoms with van der Waals surface area (Å²) in [5, 5.41) is 0. The van der Waals surface area contributed by atoms with Crippen LogP contribution in [0.3, 0.4) is 0 Å². The molecule has 2 rings (SSSR count). The molecule has 5 nitrogen and oxygen atoms in total. The van der Waals surface area contributed by atoms with Crippen molar-refractivity contribution in [2.24, 2.45) is 5.73 Å². The number of likely N-dealkylation sites (N-methyl/N-ethyl adjacent to an activating group) is 1. The number of nitrogens with zero attached hydrogens (tertiary/aromatic N) is 4. The normalized spacial score (nSPS) is 10.2. The molecule has 0 aliphatic rings. The highest BCUT2D eigenvalue weighted by Crippen LogP contribution is 2.08. The van der Waals surface area contributed by atoms with Crippen LogP contribution in [0.1, 0.15) is 11.3 Å². The fourth-order valence-electron chi connectivity index (χ4n) is 1.61.